The van der Waals surface area contributed by atoms with Crippen LogP contribution in [-0.4, -0.2) is 9.97 Å². The number of rotatable bonds is 1. The van der Waals surface area contributed by atoms with E-state index in [1.165, 1.54) is 0 Å². The molecule has 0 bridgehead atoms. The molecule has 0 unspecified atom stereocenters. The van der Waals surface area contributed by atoms with E-state index in [0.29, 0.717) is 10.6 Å². The highest BCUT2D eigenvalue weighted by molar-refractivity contribution is 6.30. The summed E-state index contributed by atoms with van der Waals surface area (Å²) in [6, 6.07) is 7.82. The molecule has 1 aromatic heterocycles. The van der Waals surface area contributed by atoms with Gasteiger partial charge in [0, 0.05) is 16.7 Å². The summed E-state index contributed by atoms with van der Waals surface area (Å²) >= 11 is 11.3. The molecule has 0 saturated heterocycles. The molecule has 0 aliphatic heterocycles. The normalized spacial score (nSPS) is 10.3. The zero-order valence-corrected chi connectivity index (χ0v) is 8.93. The van der Waals surface area contributed by atoms with Gasteiger partial charge in [-0.15, -0.1) is 0 Å². The van der Waals surface area contributed by atoms with Crippen LogP contribution >= 0.6 is 23.2 Å². The third kappa shape index (κ3) is 2.43. The number of hydrogen-bond acceptors (Lipinski definition) is 2. The van der Waals surface area contributed by atoms with Gasteiger partial charge in [-0.2, -0.15) is 9.37 Å². The molecule has 1 aromatic carbocycles. The summed E-state index contributed by atoms with van der Waals surface area (Å²) in [5.41, 5.74) is 0.667. The Hall–Kier alpha value is -1.19. The first kappa shape index (κ1) is 10.3. The zero-order valence-electron chi connectivity index (χ0n) is 7.42. The predicted octanol–water partition coefficient (Wildman–Crippen LogP) is 3.59. The van der Waals surface area contributed by atoms with Crippen molar-refractivity contribution in [3.63, 3.8) is 0 Å². The lowest BCUT2D eigenvalue weighted by atomic mass is 10.2. The Morgan fingerprint density at radius 2 is 1.67 bits per heavy atom. The lowest BCUT2D eigenvalue weighted by Crippen LogP contribution is -1.92. The van der Waals surface area contributed by atoms with Gasteiger partial charge in [0.05, 0.1) is 0 Å². The van der Waals surface area contributed by atoms with E-state index in [0.717, 1.165) is 6.07 Å². The lowest BCUT2D eigenvalue weighted by molar-refractivity contribution is 0.581. The highest BCUT2D eigenvalue weighted by atomic mass is 35.5. The number of halogens is 3. The fourth-order valence-electron chi connectivity index (χ4n) is 1.12. The second-order valence-electron chi connectivity index (χ2n) is 2.84. The summed E-state index contributed by atoms with van der Waals surface area (Å²) < 4.78 is 12.9. The Morgan fingerprint density at radius 1 is 1.00 bits per heavy atom. The number of benzene rings is 1. The number of hydrogen-bond donors (Lipinski definition) is 0. The molecule has 0 radical (unpaired) electrons. The molecular weight excluding hydrogens is 238 g/mol. The Morgan fingerprint density at radius 3 is 2.27 bits per heavy atom. The van der Waals surface area contributed by atoms with Crippen molar-refractivity contribution in [3.05, 3.63) is 46.5 Å². The van der Waals surface area contributed by atoms with E-state index in [9.17, 15) is 4.39 Å². The van der Waals surface area contributed by atoms with Gasteiger partial charge in [0.1, 0.15) is 5.15 Å². The molecular formula is C10H5Cl2FN2. The summed E-state index contributed by atoms with van der Waals surface area (Å²) in [6.07, 6.45) is 0. The number of aromatic nitrogens is 2. The second kappa shape index (κ2) is 4.13. The predicted molar refractivity (Wildman–Crippen MR) is 57.4 cm³/mol. The molecule has 2 rings (SSSR count). The van der Waals surface area contributed by atoms with Crippen molar-refractivity contribution in [2.75, 3.05) is 0 Å². The molecule has 1 heterocycles. The summed E-state index contributed by atoms with van der Waals surface area (Å²) in [5, 5.41) is 0.675. The second-order valence-corrected chi connectivity index (χ2v) is 3.67. The zero-order chi connectivity index (χ0) is 10.8. The van der Waals surface area contributed by atoms with Crippen LogP contribution in [0.25, 0.3) is 11.4 Å². The average Bonchev–Trinajstić information content (AvgIpc) is 2.17. The van der Waals surface area contributed by atoms with Crippen LogP contribution in [0, 0.1) is 5.95 Å². The van der Waals surface area contributed by atoms with Crippen LogP contribution in [0.5, 0.6) is 0 Å². The fourth-order valence-corrected chi connectivity index (χ4v) is 1.41. The molecule has 0 N–H and O–H groups in total. The molecule has 76 valence electrons. The van der Waals surface area contributed by atoms with Gasteiger partial charge in [0.25, 0.3) is 0 Å². The van der Waals surface area contributed by atoms with Crippen molar-refractivity contribution in [3.8, 4) is 11.4 Å². The molecule has 2 nitrogen and oxygen atoms in total. The smallest absolute Gasteiger partial charge is 0.216 e. The van der Waals surface area contributed by atoms with Gasteiger partial charge in [0.2, 0.25) is 5.95 Å². The van der Waals surface area contributed by atoms with E-state index < -0.39 is 5.95 Å². The van der Waals surface area contributed by atoms with E-state index >= 15 is 0 Å². The van der Waals surface area contributed by atoms with E-state index in [2.05, 4.69) is 9.97 Å². The third-order valence-corrected chi connectivity index (χ3v) is 2.21. The monoisotopic (exact) mass is 242 g/mol. The van der Waals surface area contributed by atoms with Crippen LogP contribution in [0.3, 0.4) is 0 Å². The van der Waals surface area contributed by atoms with Gasteiger partial charge in [-0.25, -0.2) is 4.98 Å². The maximum atomic E-state index is 12.9. The molecule has 2 aromatic rings. The van der Waals surface area contributed by atoms with E-state index in [1.807, 2.05) is 0 Å². The maximum Gasteiger partial charge on any atom is 0.217 e. The highest BCUT2D eigenvalue weighted by Gasteiger charge is 2.05. The van der Waals surface area contributed by atoms with Crippen molar-refractivity contribution in [2.45, 2.75) is 0 Å². The summed E-state index contributed by atoms with van der Waals surface area (Å²) in [4.78, 5) is 7.53. The first-order valence-electron chi connectivity index (χ1n) is 4.11. The maximum absolute atomic E-state index is 12.9. The van der Waals surface area contributed by atoms with Gasteiger partial charge in [-0.05, 0) is 24.3 Å². The van der Waals surface area contributed by atoms with Crippen LogP contribution in [0.15, 0.2) is 30.3 Å². The Labute approximate surface area is 95.7 Å². The lowest BCUT2D eigenvalue weighted by Gasteiger charge is -2.00. The molecule has 0 fully saturated rings. The number of nitrogens with zero attached hydrogens (tertiary/aromatic N) is 2. The highest BCUT2D eigenvalue weighted by Crippen LogP contribution is 2.19. The quantitative estimate of drug-likeness (QED) is 0.715. The Bertz CT molecular complexity index is 465. The van der Waals surface area contributed by atoms with Crippen molar-refractivity contribution in [2.24, 2.45) is 0 Å². The topological polar surface area (TPSA) is 25.8 Å². The summed E-state index contributed by atoms with van der Waals surface area (Å²) in [6.45, 7) is 0. The largest absolute Gasteiger partial charge is 0.217 e. The van der Waals surface area contributed by atoms with Crippen LogP contribution in [0.4, 0.5) is 4.39 Å². The van der Waals surface area contributed by atoms with Crippen LogP contribution in [0.1, 0.15) is 0 Å². The minimum absolute atomic E-state index is 0.0763. The molecule has 15 heavy (non-hydrogen) atoms. The Kier molecular flexibility index (Phi) is 2.84. The van der Waals surface area contributed by atoms with Crippen LogP contribution < -0.4 is 0 Å². The first-order chi connectivity index (χ1) is 7.15. The molecule has 5 heteroatoms. The molecule has 0 aliphatic rings. The molecule has 0 saturated carbocycles. The Balaban J connectivity index is 2.49. The van der Waals surface area contributed by atoms with E-state index in [1.54, 1.807) is 24.3 Å². The molecule has 0 amide bonds. The molecule has 0 aliphatic carbocycles. The van der Waals surface area contributed by atoms with Gasteiger partial charge in [-0.1, -0.05) is 23.2 Å². The van der Waals surface area contributed by atoms with Gasteiger partial charge in [-0.3, -0.25) is 0 Å². The van der Waals surface area contributed by atoms with Crippen molar-refractivity contribution >= 4 is 23.2 Å². The van der Waals surface area contributed by atoms with Gasteiger partial charge >= 0.3 is 0 Å². The first-order valence-corrected chi connectivity index (χ1v) is 4.87. The van der Waals surface area contributed by atoms with E-state index in [-0.39, 0.29) is 11.0 Å². The third-order valence-electron chi connectivity index (χ3n) is 1.77. The SMILES string of the molecule is Fc1cc(Cl)nc(-c2ccc(Cl)cc2)n1. The minimum Gasteiger partial charge on any atom is -0.216 e. The molecule has 0 atom stereocenters. The van der Waals surface area contributed by atoms with Crippen molar-refractivity contribution in [1.29, 1.82) is 0 Å². The minimum atomic E-state index is -0.653. The van der Waals surface area contributed by atoms with Gasteiger partial charge < -0.3 is 0 Å². The van der Waals surface area contributed by atoms with Crippen LogP contribution in [-0.2, 0) is 0 Å². The van der Waals surface area contributed by atoms with E-state index in [4.69, 9.17) is 23.2 Å². The van der Waals surface area contributed by atoms with Crippen molar-refractivity contribution in [1.82, 2.24) is 9.97 Å². The molecule has 0 spiro atoms. The average molecular weight is 243 g/mol. The summed E-state index contributed by atoms with van der Waals surface area (Å²) in [5.74, 6) is -0.406. The van der Waals surface area contributed by atoms with Crippen LogP contribution in [0.2, 0.25) is 10.2 Å². The summed E-state index contributed by atoms with van der Waals surface area (Å²) in [7, 11) is 0. The standard InChI is InChI=1S/C10H5Cl2FN2/c11-7-3-1-6(2-4-7)10-14-8(12)5-9(13)15-10/h1-5H. The fraction of sp³-hybridized carbons (Fsp3) is 0. The van der Waals surface area contributed by atoms with Crippen molar-refractivity contribution < 1.29 is 4.39 Å². The van der Waals surface area contributed by atoms with Gasteiger partial charge in [0.15, 0.2) is 5.82 Å².